The topological polar surface area (TPSA) is 56.7 Å². The summed E-state index contributed by atoms with van der Waals surface area (Å²) < 4.78 is 0. The van der Waals surface area contributed by atoms with Crippen molar-refractivity contribution in [3.05, 3.63) is 58.1 Å². The molecule has 0 aromatic heterocycles. The molecule has 2 aromatic rings. The van der Waals surface area contributed by atoms with Crippen molar-refractivity contribution in [3.8, 4) is 5.75 Å². The van der Waals surface area contributed by atoms with Crippen LogP contribution in [-0.4, -0.2) is 16.4 Å². The second kappa shape index (κ2) is 7.26. The van der Waals surface area contributed by atoms with Gasteiger partial charge in [-0.05, 0) is 60.2 Å². The molecule has 0 radical (unpaired) electrons. The van der Waals surface area contributed by atoms with Crippen molar-refractivity contribution in [1.82, 2.24) is 5.43 Å². The molecule has 0 fully saturated rings. The summed E-state index contributed by atoms with van der Waals surface area (Å²) >= 11 is 16.9. The number of anilines is 1. The van der Waals surface area contributed by atoms with Gasteiger partial charge < -0.3 is 10.4 Å². The van der Waals surface area contributed by atoms with Gasteiger partial charge in [-0.2, -0.15) is 5.10 Å². The molecule has 0 atom stereocenters. The first-order valence-electron chi connectivity index (χ1n) is 5.89. The highest BCUT2D eigenvalue weighted by Crippen LogP contribution is 2.25. The Bertz CT molecular complexity index is 674. The molecule has 0 amide bonds. The first-order chi connectivity index (χ1) is 10.0. The van der Waals surface area contributed by atoms with Gasteiger partial charge in [0.05, 0.1) is 16.9 Å². The molecule has 0 aliphatic carbocycles. The van der Waals surface area contributed by atoms with Crippen molar-refractivity contribution in [2.75, 3.05) is 5.32 Å². The Morgan fingerprint density at radius 3 is 2.52 bits per heavy atom. The molecule has 3 N–H and O–H groups in total. The van der Waals surface area contributed by atoms with Gasteiger partial charge in [-0.3, -0.25) is 5.43 Å². The van der Waals surface area contributed by atoms with E-state index in [1.165, 1.54) is 0 Å². The van der Waals surface area contributed by atoms with Crippen molar-refractivity contribution in [3.63, 3.8) is 0 Å². The number of aromatic hydroxyl groups is 1. The van der Waals surface area contributed by atoms with Crippen LogP contribution in [0.1, 0.15) is 5.56 Å². The molecule has 0 aliphatic heterocycles. The molecule has 7 heteroatoms. The fourth-order valence-corrected chi connectivity index (χ4v) is 2.09. The molecule has 0 unspecified atom stereocenters. The highest BCUT2D eigenvalue weighted by molar-refractivity contribution is 7.80. The van der Waals surface area contributed by atoms with Gasteiger partial charge in [0.2, 0.25) is 0 Å². The Balaban J connectivity index is 1.91. The van der Waals surface area contributed by atoms with Crippen LogP contribution in [0.25, 0.3) is 0 Å². The SMILES string of the molecule is Oc1ccc(C=NNC(=S)Nc2ccc(Cl)cc2Cl)cc1. The lowest BCUT2D eigenvalue weighted by Crippen LogP contribution is -2.24. The zero-order valence-corrected chi connectivity index (χ0v) is 13.0. The first-order valence-corrected chi connectivity index (χ1v) is 7.05. The van der Waals surface area contributed by atoms with Crippen LogP contribution in [0, 0.1) is 0 Å². The maximum absolute atomic E-state index is 9.17. The summed E-state index contributed by atoms with van der Waals surface area (Å²) in [5, 5.41) is 17.4. The first kappa shape index (κ1) is 15.6. The molecule has 0 heterocycles. The van der Waals surface area contributed by atoms with Gasteiger partial charge >= 0.3 is 0 Å². The van der Waals surface area contributed by atoms with Crippen molar-refractivity contribution in [2.24, 2.45) is 5.10 Å². The molecule has 2 rings (SSSR count). The van der Waals surface area contributed by atoms with E-state index in [2.05, 4.69) is 15.8 Å². The molecular formula is C14H11Cl2N3OS. The minimum absolute atomic E-state index is 0.203. The number of rotatable bonds is 3. The number of benzene rings is 2. The van der Waals surface area contributed by atoms with E-state index in [0.717, 1.165) is 5.56 Å². The monoisotopic (exact) mass is 339 g/mol. The number of nitrogens with one attached hydrogen (secondary N) is 2. The second-order valence-electron chi connectivity index (χ2n) is 4.04. The maximum Gasteiger partial charge on any atom is 0.191 e. The molecule has 0 bridgehead atoms. The summed E-state index contributed by atoms with van der Waals surface area (Å²) in [7, 11) is 0. The predicted octanol–water partition coefficient (Wildman–Crippen LogP) is 4.02. The molecule has 0 spiro atoms. The van der Waals surface area contributed by atoms with E-state index in [1.807, 2.05) is 0 Å². The molecule has 21 heavy (non-hydrogen) atoms. The summed E-state index contributed by atoms with van der Waals surface area (Å²) in [6.45, 7) is 0. The predicted molar refractivity (Wildman–Crippen MR) is 91.5 cm³/mol. The summed E-state index contributed by atoms with van der Waals surface area (Å²) in [6.07, 6.45) is 1.58. The van der Waals surface area contributed by atoms with Crippen LogP contribution in [0.3, 0.4) is 0 Å². The Kier molecular flexibility index (Phi) is 5.38. The third kappa shape index (κ3) is 4.90. The number of hydrogen-bond donors (Lipinski definition) is 3. The fourth-order valence-electron chi connectivity index (χ4n) is 1.47. The van der Waals surface area contributed by atoms with Gasteiger partial charge in [-0.25, -0.2) is 0 Å². The molecular weight excluding hydrogens is 329 g/mol. The average Bonchev–Trinajstić information content (AvgIpc) is 2.44. The van der Waals surface area contributed by atoms with Gasteiger partial charge in [0, 0.05) is 5.02 Å². The number of nitrogens with zero attached hydrogens (tertiary/aromatic N) is 1. The van der Waals surface area contributed by atoms with E-state index in [-0.39, 0.29) is 5.75 Å². The highest BCUT2D eigenvalue weighted by Gasteiger charge is 2.02. The number of phenolic OH excluding ortho intramolecular Hbond substituents is 1. The van der Waals surface area contributed by atoms with Crippen LogP contribution in [-0.2, 0) is 0 Å². The van der Waals surface area contributed by atoms with E-state index in [9.17, 15) is 0 Å². The molecule has 108 valence electrons. The number of hydrogen-bond acceptors (Lipinski definition) is 3. The maximum atomic E-state index is 9.17. The van der Waals surface area contributed by atoms with Crippen molar-refractivity contribution < 1.29 is 5.11 Å². The summed E-state index contributed by atoms with van der Waals surface area (Å²) in [4.78, 5) is 0. The summed E-state index contributed by atoms with van der Waals surface area (Å²) in [5.74, 6) is 0.203. The van der Waals surface area contributed by atoms with E-state index in [1.54, 1.807) is 48.7 Å². The molecule has 0 saturated carbocycles. The molecule has 2 aromatic carbocycles. The minimum atomic E-state index is 0.203. The lowest BCUT2D eigenvalue weighted by Gasteiger charge is -2.08. The Labute approximate surface area is 137 Å². The number of hydrazone groups is 1. The smallest absolute Gasteiger partial charge is 0.191 e. The van der Waals surface area contributed by atoms with Gasteiger partial charge in [0.15, 0.2) is 5.11 Å². The lowest BCUT2D eigenvalue weighted by atomic mass is 10.2. The number of phenols is 1. The van der Waals surface area contributed by atoms with E-state index >= 15 is 0 Å². The van der Waals surface area contributed by atoms with Crippen molar-refractivity contribution in [1.29, 1.82) is 0 Å². The van der Waals surface area contributed by atoms with Crippen LogP contribution in [0.2, 0.25) is 10.0 Å². The van der Waals surface area contributed by atoms with Crippen LogP contribution in [0.15, 0.2) is 47.6 Å². The third-order valence-electron chi connectivity index (χ3n) is 2.45. The van der Waals surface area contributed by atoms with Crippen molar-refractivity contribution in [2.45, 2.75) is 0 Å². The number of thiocarbonyl (C=S) groups is 1. The quantitative estimate of drug-likeness (QED) is 0.449. The minimum Gasteiger partial charge on any atom is -0.508 e. The fraction of sp³-hybridized carbons (Fsp3) is 0. The Hall–Kier alpha value is -1.82. The summed E-state index contributed by atoms with van der Waals surface area (Å²) in [6, 6.07) is 11.7. The van der Waals surface area contributed by atoms with Gasteiger partial charge in [0.1, 0.15) is 5.75 Å². The zero-order valence-electron chi connectivity index (χ0n) is 10.7. The lowest BCUT2D eigenvalue weighted by molar-refractivity contribution is 0.475. The third-order valence-corrected chi connectivity index (χ3v) is 3.19. The van der Waals surface area contributed by atoms with E-state index in [4.69, 9.17) is 40.5 Å². The second-order valence-corrected chi connectivity index (χ2v) is 5.29. The van der Waals surface area contributed by atoms with Crippen LogP contribution in [0.5, 0.6) is 5.75 Å². The van der Waals surface area contributed by atoms with Gasteiger partial charge in [0.25, 0.3) is 0 Å². The molecule has 0 aliphatic rings. The molecule has 4 nitrogen and oxygen atoms in total. The largest absolute Gasteiger partial charge is 0.508 e. The van der Waals surface area contributed by atoms with E-state index in [0.29, 0.717) is 20.8 Å². The standard InChI is InChI=1S/C14H11Cl2N3OS/c15-10-3-6-13(12(16)7-10)18-14(21)19-17-8-9-1-4-11(20)5-2-9/h1-8,20H,(H2,18,19,21). The normalized spacial score (nSPS) is 10.6. The average molecular weight is 340 g/mol. The van der Waals surface area contributed by atoms with Crippen LogP contribution < -0.4 is 10.7 Å². The zero-order chi connectivity index (χ0) is 15.2. The van der Waals surface area contributed by atoms with Crippen LogP contribution in [0.4, 0.5) is 5.69 Å². The van der Waals surface area contributed by atoms with Gasteiger partial charge in [-0.1, -0.05) is 23.2 Å². The van der Waals surface area contributed by atoms with Crippen molar-refractivity contribution >= 4 is 52.4 Å². The highest BCUT2D eigenvalue weighted by atomic mass is 35.5. The Morgan fingerprint density at radius 2 is 1.86 bits per heavy atom. The molecule has 0 saturated heterocycles. The van der Waals surface area contributed by atoms with Crippen LogP contribution >= 0.6 is 35.4 Å². The van der Waals surface area contributed by atoms with Gasteiger partial charge in [-0.15, -0.1) is 0 Å². The Morgan fingerprint density at radius 1 is 1.14 bits per heavy atom. The summed E-state index contributed by atoms with van der Waals surface area (Å²) in [5.41, 5.74) is 4.14. The number of halogens is 2. The van der Waals surface area contributed by atoms with E-state index < -0.39 is 0 Å².